The third-order valence-electron chi connectivity index (χ3n) is 5.42. The molecule has 0 amide bonds. The van der Waals surface area contributed by atoms with Crippen LogP contribution in [-0.2, 0) is 15.7 Å². The Morgan fingerprint density at radius 3 is 2.26 bits per heavy atom. The van der Waals surface area contributed by atoms with E-state index >= 15 is 0 Å². The SMILES string of the molecule is CCCCc1nn(-c2ccc([N+](=O)[O-])cc2)cc1B1OC(C)(C)C(C)(C)O1. The first-order valence-corrected chi connectivity index (χ1v) is 9.33. The van der Waals surface area contributed by atoms with Crippen molar-refractivity contribution in [2.24, 2.45) is 0 Å². The Balaban J connectivity index is 1.95. The van der Waals surface area contributed by atoms with Gasteiger partial charge in [-0.2, -0.15) is 5.10 Å². The predicted octanol–water partition coefficient (Wildman–Crippen LogP) is 3.42. The largest absolute Gasteiger partial charge is 0.498 e. The molecule has 1 saturated heterocycles. The molecule has 0 unspecified atom stereocenters. The highest BCUT2D eigenvalue weighted by molar-refractivity contribution is 6.62. The van der Waals surface area contributed by atoms with Crippen LogP contribution < -0.4 is 5.46 Å². The Morgan fingerprint density at radius 2 is 1.74 bits per heavy atom. The highest BCUT2D eigenvalue weighted by atomic mass is 16.7. The first-order valence-electron chi connectivity index (χ1n) is 9.33. The summed E-state index contributed by atoms with van der Waals surface area (Å²) in [7, 11) is -0.478. The van der Waals surface area contributed by atoms with Gasteiger partial charge in [0.1, 0.15) is 0 Å². The van der Waals surface area contributed by atoms with Gasteiger partial charge in [-0.05, 0) is 52.7 Å². The van der Waals surface area contributed by atoms with Gasteiger partial charge in [0.15, 0.2) is 0 Å². The fourth-order valence-electron chi connectivity index (χ4n) is 2.99. The van der Waals surface area contributed by atoms with Crippen molar-refractivity contribution in [3.8, 4) is 5.69 Å². The molecule has 1 aromatic carbocycles. The Morgan fingerprint density at radius 1 is 1.15 bits per heavy atom. The van der Waals surface area contributed by atoms with E-state index < -0.39 is 23.2 Å². The number of unbranched alkanes of at least 4 members (excludes halogenated alkanes) is 1. The Bertz CT molecular complexity index is 814. The first kappa shape index (κ1) is 19.6. The van der Waals surface area contributed by atoms with Gasteiger partial charge in [-0.1, -0.05) is 13.3 Å². The van der Waals surface area contributed by atoms with E-state index in [-0.39, 0.29) is 5.69 Å². The normalized spacial score (nSPS) is 18.0. The molecule has 0 radical (unpaired) electrons. The Hall–Kier alpha value is -2.19. The van der Waals surface area contributed by atoms with Gasteiger partial charge in [0.05, 0.1) is 27.5 Å². The van der Waals surface area contributed by atoms with Crippen molar-refractivity contribution in [2.45, 2.75) is 65.1 Å². The van der Waals surface area contributed by atoms with Crippen molar-refractivity contribution in [2.75, 3.05) is 0 Å². The second-order valence-electron chi connectivity index (χ2n) is 7.94. The van der Waals surface area contributed by atoms with Gasteiger partial charge in [0.2, 0.25) is 0 Å². The van der Waals surface area contributed by atoms with Crippen molar-refractivity contribution in [3.05, 3.63) is 46.3 Å². The van der Waals surface area contributed by atoms with Gasteiger partial charge < -0.3 is 9.31 Å². The molecule has 1 fully saturated rings. The van der Waals surface area contributed by atoms with E-state index in [0.717, 1.165) is 36.1 Å². The van der Waals surface area contributed by atoms with Crippen LogP contribution in [0.5, 0.6) is 0 Å². The zero-order valence-corrected chi connectivity index (χ0v) is 16.6. The monoisotopic (exact) mass is 371 g/mol. The van der Waals surface area contributed by atoms with E-state index in [9.17, 15) is 10.1 Å². The molecule has 7 nitrogen and oxygen atoms in total. The minimum Gasteiger partial charge on any atom is -0.399 e. The lowest BCUT2D eigenvalue weighted by atomic mass is 9.78. The molecule has 144 valence electrons. The zero-order valence-electron chi connectivity index (χ0n) is 16.6. The summed E-state index contributed by atoms with van der Waals surface area (Å²) < 4.78 is 14.2. The van der Waals surface area contributed by atoms with E-state index in [4.69, 9.17) is 14.4 Å². The predicted molar refractivity (Wildman–Crippen MR) is 105 cm³/mol. The number of nitro benzene ring substituents is 1. The van der Waals surface area contributed by atoms with Crippen LogP contribution in [0.2, 0.25) is 0 Å². The number of hydrogen-bond acceptors (Lipinski definition) is 5. The zero-order chi connectivity index (χ0) is 19.8. The number of aromatic nitrogens is 2. The lowest BCUT2D eigenvalue weighted by Gasteiger charge is -2.32. The molecular weight excluding hydrogens is 345 g/mol. The average molecular weight is 371 g/mol. The Labute approximate surface area is 160 Å². The summed E-state index contributed by atoms with van der Waals surface area (Å²) in [4.78, 5) is 10.5. The standard InChI is InChI=1S/C19H26BN3O4/c1-6-7-8-17-16(20-26-18(2,3)19(4,5)27-20)13-22(21-17)14-9-11-15(12-10-14)23(24)25/h9-13H,6-8H2,1-5H3. The van der Waals surface area contributed by atoms with Crippen LogP contribution in [0.3, 0.4) is 0 Å². The van der Waals surface area contributed by atoms with Gasteiger partial charge in [-0.15, -0.1) is 0 Å². The summed E-state index contributed by atoms with van der Waals surface area (Å²) in [5.74, 6) is 0. The van der Waals surface area contributed by atoms with Crippen molar-refractivity contribution in [3.63, 3.8) is 0 Å². The molecule has 0 bridgehead atoms. The number of aryl methyl sites for hydroxylation is 1. The minimum absolute atomic E-state index is 0.0586. The van der Waals surface area contributed by atoms with E-state index in [0.29, 0.717) is 0 Å². The van der Waals surface area contributed by atoms with Crippen LogP contribution in [0.4, 0.5) is 5.69 Å². The molecule has 0 spiro atoms. The smallest absolute Gasteiger partial charge is 0.399 e. The van der Waals surface area contributed by atoms with Gasteiger partial charge in [-0.3, -0.25) is 10.1 Å². The summed E-state index contributed by atoms with van der Waals surface area (Å²) in [6, 6.07) is 6.36. The third-order valence-corrected chi connectivity index (χ3v) is 5.42. The molecule has 1 aromatic heterocycles. The van der Waals surface area contributed by atoms with Gasteiger partial charge in [0, 0.05) is 23.8 Å². The van der Waals surface area contributed by atoms with Crippen LogP contribution in [0, 0.1) is 10.1 Å². The number of hydrogen-bond donors (Lipinski definition) is 0. The van der Waals surface area contributed by atoms with Gasteiger partial charge >= 0.3 is 7.12 Å². The Kier molecular flexibility index (Phi) is 5.14. The van der Waals surface area contributed by atoms with Crippen LogP contribution in [0.1, 0.15) is 53.2 Å². The second-order valence-corrected chi connectivity index (χ2v) is 7.94. The van der Waals surface area contributed by atoms with Gasteiger partial charge in [-0.25, -0.2) is 4.68 Å². The first-order chi connectivity index (χ1) is 12.6. The maximum Gasteiger partial charge on any atom is 0.498 e. The van der Waals surface area contributed by atoms with E-state index in [2.05, 4.69) is 6.92 Å². The molecule has 0 aliphatic carbocycles. The highest BCUT2D eigenvalue weighted by Crippen LogP contribution is 2.36. The van der Waals surface area contributed by atoms with Crippen LogP contribution >= 0.6 is 0 Å². The molecular formula is C19H26BN3O4. The number of rotatable bonds is 6. The lowest BCUT2D eigenvalue weighted by molar-refractivity contribution is -0.384. The van der Waals surface area contributed by atoms with Crippen LogP contribution in [-0.4, -0.2) is 33.0 Å². The molecule has 27 heavy (non-hydrogen) atoms. The molecule has 3 rings (SSSR count). The molecule has 8 heteroatoms. The molecule has 1 aliphatic rings. The van der Waals surface area contributed by atoms with Crippen molar-refractivity contribution >= 4 is 18.3 Å². The topological polar surface area (TPSA) is 79.4 Å². The number of nitrogens with zero attached hydrogens (tertiary/aromatic N) is 3. The molecule has 0 saturated carbocycles. The molecule has 2 heterocycles. The fourth-order valence-corrected chi connectivity index (χ4v) is 2.99. The molecule has 0 atom stereocenters. The summed E-state index contributed by atoms with van der Waals surface area (Å²) in [5, 5.41) is 15.6. The number of nitro groups is 1. The molecule has 1 aliphatic heterocycles. The van der Waals surface area contributed by atoms with Crippen molar-refractivity contribution in [1.29, 1.82) is 0 Å². The fraction of sp³-hybridized carbons (Fsp3) is 0.526. The van der Waals surface area contributed by atoms with Crippen molar-refractivity contribution in [1.82, 2.24) is 9.78 Å². The third kappa shape index (κ3) is 3.77. The summed E-state index contributed by atoms with van der Waals surface area (Å²) >= 11 is 0. The second kappa shape index (κ2) is 7.09. The summed E-state index contributed by atoms with van der Waals surface area (Å²) in [6.07, 6.45) is 4.82. The summed E-state index contributed by atoms with van der Waals surface area (Å²) in [6.45, 7) is 10.2. The van der Waals surface area contributed by atoms with Crippen molar-refractivity contribution < 1.29 is 14.2 Å². The maximum absolute atomic E-state index is 10.9. The molecule has 2 aromatic rings. The van der Waals surface area contributed by atoms with Crippen LogP contribution in [0.15, 0.2) is 30.5 Å². The number of benzene rings is 1. The lowest BCUT2D eigenvalue weighted by Crippen LogP contribution is -2.41. The van der Waals surface area contributed by atoms with E-state index in [1.807, 2.05) is 33.9 Å². The minimum atomic E-state index is -0.478. The van der Waals surface area contributed by atoms with E-state index in [1.54, 1.807) is 16.8 Å². The summed E-state index contributed by atoms with van der Waals surface area (Å²) in [5.41, 5.74) is 1.84. The number of non-ortho nitro benzene ring substituents is 1. The maximum atomic E-state index is 10.9. The van der Waals surface area contributed by atoms with Crippen LogP contribution in [0.25, 0.3) is 5.69 Å². The highest BCUT2D eigenvalue weighted by Gasteiger charge is 2.52. The average Bonchev–Trinajstić information content (AvgIpc) is 3.11. The molecule has 0 N–H and O–H groups in total. The van der Waals surface area contributed by atoms with Gasteiger partial charge in [0.25, 0.3) is 5.69 Å². The quantitative estimate of drug-likeness (QED) is 0.442. The van der Waals surface area contributed by atoms with E-state index in [1.165, 1.54) is 12.1 Å².